The highest BCUT2D eigenvalue weighted by Crippen LogP contribution is 2.31. The Kier molecular flexibility index (Phi) is 6.26. The van der Waals surface area contributed by atoms with Gasteiger partial charge in [-0.3, -0.25) is 0 Å². The van der Waals surface area contributed by atoms with E-state index in [1.807, 2.05) is 0 Å². The van der Waals surface area contributed by atoms with Crippen molar-refractivity contribution in [3.63, 3.8) is 0 Å². The van der Waals surface area contributed by atoms with Crippen LogP contribution >= 0.6 is 0 Å². The highest BCUT2D eigenvalue weighted by Gasteiger charge is 2.25. The molecule has 0 saturated heterocycles. The summed E-state index contributed by atoms with van der Waals surface area (Å²) in [5.41, 5.74) is 0. The van der Waals surface area contributed by atoms with Gasteiger partial charge in [0.25, 0.3) is 0 Å². The molecule has 1 aliphatic carbocycles. The summed E-state index contributed by atoms with van der Waals surface area (Å²) in [6.45, 7) is 6.21. The molecule has 3 unspecified atom stereocenters. The standard InChI is InChI=1S/C13H27NO/c1-4-15-9-8-13(14-3)12-7-5-6-11(2)10-12/h11-14H,4-10H2,1-3H3. The van der Waals surface area contributed by atoms with Gasteiger partial charge in [0, 0.05) is 19.3 Å². The molecule has 0 aliphatic heterocycles. The largest absolute Gasteiger partial charge is 0.382 e. The second kappa shape index (κ2) is 7.24. The van der Waals surface area contributed by atoms with Gasteiger partial charge < -0.3 is 10.1 Å². The zero-order valence-electron chi connectivity index (χ0n) is 10.6. The van der Waals surface area contributed by atoms with Crippen LogP contribution in [-0.4, -0.2) is 26.3 Å². The highest BCUT2D eigenvalue weighted by atomic mass is 16.5. The molecule has 0 amide bonds. The Balaban J connectivity index is 2.29. The quantitative estimate of drug-likeness (QED) is 0.685. The lowest BCUT2D eigenvalue weighted by molar-refractivity contribution is 0.120. The molecule has 0 aromatic rings. The summed E-state index contributed by atoms with van der Waals surface area (Å²) in [6.07, 6.45) is 6.82. The molecule has 1 fully saturated rings. The van der Waals surface area contributed by atoms with Crippen LogP contribution in [0.3, 0.4) is 0 Å². The molecule has 1 N–H and O–H groups in total. The first-order valence-electron chi connectivity index (χ1n) is 6.53. The van der Waals surface area contributed by atoms with Crippen LogP contribution in [0.25, 0.3) is 0 Å². The minimum Gasteiger partial charge on any atom is -0.382 e. The molecule has 0 spiro atoms. The van der Waals surface area contributed by atoms with E-state index in [1.54, 1.807) is 0 Å². The predicted molar refractivity (Wildman–Crippen MR) is 65.1 cm³/mol. The first-order valence-corrected chi connectivity index (χ1v) is 6.53. The van der Waals surface area contributed by atoms with Crippen LogP contribution < -0.4 is 5.32 Å². The fraction of sp³-hybridized carbons (Fsp3) is 1.00. The predicted octanol–water partition coefficient (Wildman–Crippen LogP) is 2.83. The number of rotatable bonds is 6. The van der Waals surface area contributed by atoms with E-state index in [1.165, 1.54) is 32.1 Å². The van der Waals surface area contributed by atoms with Crippen molar-refractivity contribution < 1.29 is 4.74 Å². The molecule has 0 heterocycles. The molecule has 0 radical (unpaired) electrons. The minimum absolute atomic E-state index is 0.666. The smallest absolute Gasteiger partial charge is 0.0480 e. The fourth-order valence-corrected chi connectivity index (χ4v) is 2.82. The first kappa shape index (κ1) is 13.0. The first-order chi connectivity index (χ1) is 7.27. The van der Waals surface area contributed by atoms with Crippen LogP contribution in [0.4, 0.5) is 0 Å². The third kappa shape index (κ3) is 4.52. The molecule has 1 saturated carbocycles. The maximum atomic E-state index is 5.44. The van der Waals surface area contributed by atoms with Crippen molar-refractivity contribution in [3.8, 4) is 0 Å². The van der Waals surface area contributed by atoms with Gasteiger partial charge in [0.15, 0.2) is 0 Å². The molecule has 0 bridgehead atoms. The van der Waals surface area contributed by atoms with Crippen LogP contribution in [0.1, 0.15) is 46.0 Å². The normalized spacial score (nSPS) is 29.0. The number of nitrogens with one attached hydrogen (secondary N) is 1. The summed E-state index contributed by atoms with van der Waals surface area (Å²) in [5.74, 6) is 1.80. The molecular formula is C13H27NO. The summed E-state index contributed by atoms with van der Waals surface area (Å²) in [4.78, 5) is 0. The Hall–Kier alpha value is -0.0800. The van der Waals surface area contributed by atoms with E-state index in [9.17, 15) is 0 Å². The molecule has 2 nitrogen and oxygen atoms in total. The molecular weight excluding hydrogens is 186 g/mol. The van der Waals surface area contributed by atoms with E-state index >= 15 is 0 Å². The second-order valence-corrected chi connectivity index (χ2v) is 4.91. The monoisotopic (exact) mass is 213 g/mol. The lowest BCUT2D eigenvalue weighted by Gasteiger charge is -2.33. The van der Waals surface area contributed by atoms with E-state index in [0.29, 0.717) is 6.04 Å². The Labute approximate surface area is 94.8 Å². The molecule has 2 heteroatoms. The Bertz CT molecular complexity index is 161. The average molecular weight is 213 g/mol. The maximum absolute atomic E-state index is 5.44. The van der Waals surface area contributed by atoms with Gasteiger partial charge >= 0.3 is 0 Å². The van der Waals surface area contributed by atoms with Crippen molar-refractivity contribution in [2.45, 2.75) is 52.0 Å². The van der Waals surface area contributed by atoms with E-state index in [4.69, 9.17) is 4.74 Å². The fourth-order valence-electron chi connectivity index (χ4n) is 2.82. The van der Waals surface area contributed by atoms with Crippen LogP contribution in [0.5, 0.6) is 0 Å². The van der Waals surface area contributed by atoms with E-state index in [2.05, 4.69) is 26.2 Å². The topological polar surface area (TPSA) is 21.3 Å². The summed E-state index contributed by atoms with van der Waals surface area (Å²) in [5, 5.41) is 3.47. The average Bonchev–Trinajstić information content (AvgIpc) is 2.24. The minimum atomic E-state index is 0.666. The Morgan fingerprint density at radius 1 is 1.40 bits per heavy atom. The molecule has 90 valence electrons. The molecule has 0 aromatic heterocycles. The van der Waals surface area contributed by atoms with Crippen LogP contribution in [-0.2, 0) is 4.74 Å². The van der Waals surface area contributed by atoms with Gasteiger partial charge in [-0.15, -0.1) is 0 Å². The van der Waals surface area contributed by atoms with E-state index < -0.39 is 0 Å². The van der Waals surface area contributed by atoms with Crippen molar-refractivity contribution in [3.05, 3.63) is 0 Å². The number of hydrogen-bond acceptors (Lipinski definition) is 2. The summed E-state index contributed by atoms with van der Waals surface area (Å²) >= 11 is 0. The van der Waals surface area contributed by atoms with Gasteiger partial charge in [-0.05, 0) is 45.1 Å². The lowest BCUT2D eigenvalue weighted by Crippen LogP contribution is -2.37. The zero-order chi connectivity index (χ0) is 11.1. The van der Waals surface area contributed by atoms with Gasteiger partial charge in [-0.1, -0.05) is 19.8 Å². The summed E-state index contributed by atoms with van der Waals surface area (Å²) < 4.78 is 5.44. The number of hydrogen-bond donors (Lipinski definition) is 1. The Morgan fingerprint density at radius 3 is 2.80 bits per heavy atom. The van der Waals surface area contributed by atoms with Crippen molar-refractivity contribution in [1.29, 1.82) is 0 Å². The van der Waals surface area contributed by atoms with E-state index in [0.717, 1.165) is 25.0 Å². The van der Waals surface area contributed by atoms with Crippen LogP contribution in [0, 0.1) is 11.8 Å². The van der Waals surface area contributed by atoms with Gasteiger partial charge in [0.05, 0.1) is 0 Å². The highest BCUT2D eigenvalue weighted by molar-refractivity contribution is 4.80. The number of ether oxygens (including phenoxy) is 1. The Morgan fingerprint density at radius 2 is 2.20 bits per heavy atom. The van der Waals surface area contributed by atoms with Crippen molar-refractivity contribution in [2.75, 3.05) is 20.3 Å². The molecule has 1 rings (SSSR count). The zero-order valence-corrected chi connectivity index (χ0v) is 10.6. The molecule has 1 aliphatic rings. The van der Waals surface area contributed by atoms with Gasteiger partial charge in [0.2, 0.25) is 0 Å². The lowest BCUT2D eigenvalue weighted by atomic mass is 9.78. The maximum Gasteiger partial charge on any atom is 0.0480 e. The summed E-state index contributed by atoms with van der Waals surface area (Å²) in [7, 11) is 2.09. The molecule has 0 aromatic carbocycles. The van der Waals surface area contributed by atoms with Crippen molar-refractivity contribution in [2.24, 2.45) is 11.8 Å². The van der Waals surface area contributed by atoms with Gasteiger partial charge in [-0.2, -0.15) is 0 Å². The third-order valence-corrected chi connectivity index (χ3v) is 3.69. The van der Waals surface area contributed by atoms with Gasteiger partial charge in [-0.25, -0.2) is 0 Å². The third-order valence-electron chi connectivity index (χ3n) is 3.69. The van der Waals surface area contributed by atoms with Crippen LogP contribution in [0.15, 0.2) is 0 Å². The van der Waals surface area contributed by atoms with E-state index in [-0.39, 0.29) is 0 Å². The van der Waals surface area contributed by atoms with Crippen molar-refractivity contribution in [1.82, 2.24) is 5.32 Å². The second-order valence-electron chi connectivity index (χ2n) is 4.91. The van der Waals surface area contributed by atoms with Crippen LogP contribution in [0.2, 0.25) is 0 Å². The SMILES string of the molecule is CCOCCC(NC)C1CCCC(C)C1. The van der Waals surface area contributed by atoms with Gasteiger partial charge in [0.1, 0.15) is 0 Å². The molecule has 3 atom stereocenters. The van der Waals surface area contributed by atoms with Crippen molar-refractivity contribution >= 4 is 0 Å². The molecule has 15 heavy (non-hydrogen) atoms. The summed E-state index contributed by atoms with van der Waals surface area (Å²) in [6, 6.07) is 0.666.